The Labute approximate surface area is 200 Å². The van der Waals surface area contributed by atoms with Crippen LogP contribution < -0.4 is 5.56 Å². The third-order valence-corrected chi connectivity index (χ3v) is 7.22. The molecule has 1 aliphatic heterocycles. The average Bonchev–Trinajstić information content (AvgIpc) is 2.83. The lowest BCUT2D eigenvalue weighted by molar-refractivity contribution is -0.154. The fraction of sp³-hybridized carbons (Fsp3) is 0.393. The molecule has 1 saturated heterocycles. The Morgan fingerprint density at radius 2 is 1.74 bits per heavy atom. The van der Waals surface area contributed by atoms with Crippen molar-refractivity contribution in [3.8, 4) is 11.3 Å². The molecule has 1 fully saturated rings. The highest BCUT2D eigenvalue weighted by atomic mass is 16.3. The minimum Gasteiger partial charge on any atom is -0.387 e. The number of likely N-dealkylation sites (tertiary alicyclic amines) is 1. The zero-order valence-electron chi connectivity index (χ0n) is 20.1. The van der Waals surface area contributed by atoms with E-state index in [9.17, 15) is 14.7 Å². The molecule has 0 aliphatic carbocycles. The van der Waals surface area contributed by atoms with Crippen molar-refractivity contribution in [1.82, 2.24) is 14.5 Å². The van der Waals surface area contributed by atoms with Crippen LogP contribution in [0.2, 0.25) is 0 Å². The van der Waals surface area contributed by atoms with Crippen molar-refractivity contribution in [2.75, 3.05) is 13.1 Å². The molecule has 34 heavy (non-hydrogen) atoms. The molecule has 6 nitrogen and oxygen atoms in total. The zero-order valence-corrected chi connectivity index (χ0v) is 20.1. The van der Waals surface area contributed by atoms with Crippen LogP contribution in [0.1, 0.15) is 45.1 Å². The van der Waals surface area contributed by atoms with E-state index in [0.29, 0.717) is 31.6 Å². The van der Waals surface area contributed by atoms with E-state index in [1.54, 1.807) is 0 Å². The molecule has 0 unspecified atom stereocenters. The number of hydrogen-bond donors (Lipinski definition) is 1. The molecule has 1 aromatic heterocycles. The van der Waals surface area contributed by atoms with Crippen molar-refractivity contribution in [2.45, 2.75) is 51.7 Å². The van der Waals surface area contributed by atoms with Crippen LogP contribution >= 0.6 is 0 Å². The van der Waals surface area contributed by atoms with Crippen molar-refractivity contribution in [3.63, 3.8) is 0 Å². The first-order chi connectivity index (χ1) is 16.2. The summed E-state index contributed by atoms with van der Waals surface area (Å²) in [6, 6.07) is 21.1. The fourth-order valence-electron chi connectivity index (χ4n) is 4.75. The number of benzene rings is 2. The van der Waals surface area contributed by atoms with Crippen LogP contribution in [-0.4, -0.2) is 44.2 Å². The van der Waals surface area contributed by atoms with Gasteiger partial charge in [0.1, 0.15) is 0 Å². The molecule has 0 spiro atoms. The lowest BCUT2D eigenvalue weighted by Crippen LogP contribution is -2.60. The second-order valence-electron chi connectivity index (χ2n) is 10.1. The average molecular weight is 460 g/mol. The SMILES string of the molecule is C[C@H](CC(=O)N1CC[C@@](O)(Cn2cnc(-c3ccccc3)cc2=O)C(C)(C)C1)c1ccccc1. The van der Waals surface area contributed by atoms with Gasteiger partial charge < -0.3 is 10.0 Å². The van der Waals surface area contributed by atoms with Crippen molar-refractivity contribution >= 4 is 5.91 Å². The molecule has 2 atom stereocenters. The summed E-state index contributed by atoms with van der Waals surface area (Å²) in [6.45, 7) is 7.03. The van der Waals surface area contributed by atoms with E-state index in [-0.39, 0.29) is 23.9 Å². The number of nitrogens with zero attached hydrogens (tertiary/aromatic N) is 3. The molecular weight excluding hydrogens is 426 g/mol. The molecule has 3 aromatic rings. The molecule has 2 heterocycles. The predicted octanol–water partition coefficient (Wildman–Crippen LogP) is 4.09. The number of hydrogen-bond acceptors (Lipinski definition) is 4. The quantitative estimate of drug-likeness (QED) is 0.602. The third kappa shape index (κ3) is 4.97. The first kappa shape index (κ1) is 23.9. The monoisotopic (exact) mass is 459 g/mol. The highest BCUT2D eigenvalue weighted by Crippen LogP contribution is 2.40. The second-order valence-corrected chi connectivity index (χ2v) is 10.1. The van der Waals surface area contributed by atoms with Gasteiger partial charge in [-0.2, -0.15) is 0 Å². The second kappa shape index (κ2) is 9.55. The topological polar surface area (TPSA) is 75.4 Å². The minimum atomic E-state index is -1.13. The number of rotatable bonds is 6. The molecule has 6 heteroatoms. The van der Waals surface area contributed by atoms with E-state index in [4.69, 9.17) is 0 Å². The summed E-state index contributed by atoms with van der Waals surface area (Å²) in [6.07, 6.45) is 2.35. The maximum absolute atomic E-state index is 13.0. The molecule has 178 valence electrons. The molecule has 0 bridgehead atoms. The van der Waals surface area contributed by atoms with Gasteiger partial charge in [-0.3, -0.25) is 14.2 Å². The summed E-state index contributed by atoms with van der Waals surface area (Å²) in [5.41, 5.74) is 0.717. The molecule has 4 rings (SSSR count). The lowest BCUT2D eigenvalue weighted by Gasteiger charge is -2.50. The van der Waals surface area contributed by atoms with Gasteiger partial charge in [0.15, 0.2) is 0 Å². The molecule has 2 aromatic carbocycles. The van der Waals surface area contributed by atoms with Crippen LogP contribution in [0.4, 0.5) is 0 Å². The maximum atomic E-state index is 13.0. The van der Waals surface area contributed by atoms with Crippen molar-refractivity contribution in [3.05, 3.63) is 89.0 Å². The standard InChI is InChI=1S/C28H33N3O3/c1-21(22-10-6-4-7-11-22)16-25(32)30-15-14-28(34,27(2,3)18-30)19-31-20-29-24(17-26(31)33)23-12-8-5-9-13-23/h4-13,17,20-21,34H,14-16,18-19H2,1-3H3/t21-,28-/m1/s1. The first-order valence-electron chi connectivity index (χ1n) is 11.9. The van der Waals surface area contributed by atoms with E-state index in [1.165, 1.54) is 17.0 Å². The number of piperidine rings is 1. The van der Waals surface area contributed by atoms with Gasteiger partial charge >= 0.3 is 0 Å². The van der Waals surface area contributed by atoms with Gasteiger partial charge in [-0.25, -0.2) is 4.98 Å². The van der Waals surface area contributed by atoms with Crippen molar-refractivity contribution < 1.29 is 9.90 Å². The Kier molecular flexibility index (Phi) is 6.71. The van der Waals surface area contributed by atoms with Crippen molar-refractivity contribution in [1.29, 1.82) is 0 Å². The smallest absolute Gasteiger partial charge is 0.253 e. The molecule has 1 aliphatic rings. The maximum Gasteiger partial charge on any atom is 0.253 e. The lowest BCUT2D eigenvalue weighted by atomic mass is 9.69. The number of aliphatic hydroxyl groups is 1. The largest absolute Gasteiger partial charge is 0.387 e. The van der Waals surface area contributed by atoms with Gasteiger partial charge in [-0.05, 0) is 17.9 Å². The Balaban J connectivity index is 1.44. The van der Waals surface area contributed by atoms with Gasteiger partial charge in [0.25, 0.3) is 5.56 Å². The molecule has 1 amide bonds. The van der Waals surface area contributed by atoms with E-state index < -0.39 is 11.0 Å². The summed E-state index contributed by atoms with van der Waals surface area (Å²) < 4.78 is 1.48. The summed E-state index contributed by atoms with van der Waals surface area (Å²) in [5, 5.41) is 11.6. The molecule has 0 saturated carbocycles. The van der Waals surface area contributed by atoms with Gasteiger partial charge in [-0.15, -0.1) is 0 Å². The summed E-state index contributed by atoms with van der Waals surface area (Å²) in [7, 11) is 0. The number of carbonyl (C=O) groups excluding carboxylic acids is 1. The Morgan fingerprint density at radius 3 is 2.35 bits per heavy atom. The van der Waals surface area contributed by atoms with Gasteiger partial charge in [0, 0.05) is 36.6 Å². The highest BCUT2D eigenvalue weighted by Gasteiger charge is 2.48. The van der Waals surface area contributed by atoms with E-state index in [1.807, 2.05) is 79.4 Å². The first-order valence-corrected chi connectivity index (χ1v) is 11.9. The van der Waals surface area contributed by atoms with E-state index >= 15 is 0 Å². The summed E-state index contributed by atoms with van der Waals surface area (Å²) in [5.74, 6) is 0.225. The minimum absolute atomic E-state index is 0.0949. The van der Waals surface area contributed by atoms with Crippen LogP contribution in [-0.2, 0) is 11.3 Å². The molecular formula is C28H33N3O3. The zero-order chi connectivity index (χ0) is 24.3. The van der Waals surface area contributed by atoms with Crippen LogP contribution in [0.3, 0.4) is 0 Å². The summed E-state index contributed by atoms with van der Waals surface area (Å²) in [4.78, 5) is 32.2. The normalized spacial score (nSPS) is 20.6. The van der Waals surface area contributed by atoms with E-state index in [2.05, 4.69) is 11.9 Å². The molecule has 0 radical (unpaired) electrons. The van der Waals surface area contributed by atoms with Crippen LogP contribution in [0, 0.1) is 5.41 Å². The predicted molar refractivity (Wildman–Crippen MR) is 133 cm³/mol. The fourth-order valence-corrected chi connectivity index (χ4v) is 4.75. The number of carbonyl (C=O) groups is 1. The highest BCUT2D eigenvalue weighted by molar-refractivity contribution is 5.77. The van der Waals surface area contributed by atoms with Gasteiger partial charge in [0.2, 0.25) is 5.91 Å². The Morgan fingerprint density at radius 1 is 1.09 bits per heavy atom. The van der Waals surface area contributed by atoms with Gasteiger partial charge in [0.05, 0.1) is 24.2 Å². The molecule has 1 N–H and O–H groups in total. The van der Waals surface area contributed by atoms with E-state index in [0.717, 1.165) is 11.1 Å². The summed E-state index contributed by atoms with van der Waals surface area (Å²) >= 11 is 0. The number of amides is 1. The van der Waals surface area contributed by atoms with Crippen LogP contribution in [0.15, 0.2) is 77.9 Å². The number of aromatic nitrogens is 2. The van der Waals surface area contributed by atoms with Gasteiger partial charge in [-0.1, -0.05) is 81.4 Å². The Bertz CT molecular complexity index is 1190. The Hall–Kier alpha value is -3.25. The van der Waals surface area contributed by atoms with Crippen molar-refractivity contribution in [2.24, 2.45) is 5.41 Å². The third-order valence-electron chi connectivity index (χ3n) is 7.22. The van der Waals surface area contributed by atoms with Crippen LogP contribution in [0.25, 0.3) is 11.3 Å². The van der Waals surface area contributed by atoms with Crippen LogP contribution in [0.5, 0.6) is 0 Å².